The van der Waals surface area contributed by atoms with E-state index in [2.05, 4.69) is 19.2 Å². The lowest BCUT2D eigenvalue weighted by Gasteiger charge is -2.22. The average molecular weight is 367 g/mol. The predicted molar refractivity (Wildman–Crippen MR) is 111 cm³/mol. The van der Waals surface area contributed by atoms with Crippen molar-refractivity contribution in [3.63, 3.8) is 0 Å². The van der Waals surface area contributed by atoms with E-state index in [9.17, 15) is 9.59 Å². The Labute approximate surface area is 162 Å². The molecule has 0 aliphatic heterocycles. The zero-order valence-corrected chi connectivity index (χ0v) is 16.4. The summed E-state index contributed by atoms with van der Waals surface area (Å²) >= 11 is 0. The van der Waals surface area contributed by atoms with Crippen molar-refractivity contribution in [3.8, 4) is 0 Å². The first-order valence-corrected chi connectivity index (χ1v) is 9.50. The van der Waals surface area contributed by atoms with E-state index < -0.39 is 0 Å². The molecule has 0 unspecified atom stereocenters. The highest BCUT2D eigenvalue weighted by Gasteiger charge is 2.15. The third kappa shape index (κ3) is 6.13. The van der Waals surface area contributed by atoms with Gasteiger partial charge in [-0.05, 0) is 43.2 Å². The molecule has 0 aliphatic rings. The number of carbonyl (C=O) groups is 2. The number of hydrogen-bond donors (Lipinski definition) is 1. The highest BCUT2D eigenvalue weighted by atomic mass is 16.2. The molecule has 0 heterocycles. The Morgan fingerprint density at radius 3 is 2.22 bits per heavy atom. The van der Waals surface area contributed by atoms with Crippen molar-refractivity contribution < 1.29 is 9.59 Å². The van der Waals surface area contributed by atoms with E-state index >= 15 is 0 Å². The molecule has 144 valence electrons. The van der Waals surface area contributed by atoms with Crippen LogP contribution in [0.2, 0.25) is 0 Å². The maximum atomic E-state index is 12.7. The van der Waals surface area contributed by atoms with Crippen molar-refractivity contribution in [1.29, 1.82) is 0 Å². The summed E-state index contributed by atoms with van der Waals surface area (Å²) < 4.78 is 0. The van der Waals surface area contributed by atoms with Crippen LogP contribution in [0.5, 0.6) is 0 Å². The molecule has 0 atom stereocenters. The van der Waals surface area contributed by atoms with Gasteiger partial charge in [-0.2, -0.15) is 0 Å². The van der Waals surface area contributed by atoms with E-state index in [1.54, 1.807) is 24.3 Å². The van der Waals surface area contributed by atoms with Crippen LogP contribution < -0.4 is 10.2 Å². The van der Waals surface area contributed by atoms with E-state index in [-0.39, 0.29) is 18.4 Å². The Kier molecular flexibility index (Phi) is 7.86. The van der Waals surface area contributed by atoms with Crippen LogP contribution in [0.15, 0.2) is 54.6 Å². The molecule has 2 rings (SSSR count). The lowest BCUT2D eigenvalue weighted by Crippen LogP contribution is -2.32. The minimum atomic E-state index is -0.120. The molecule has 5 nitrogen and oxygen atoms in total. The quantitative estimate of drug-likeness (QED) is 0.728. The molecular formula is C22H29N3O2. The summed E-state index contributed by atoms with van der Waals surface area (Å²) in [7, 11) is 1.88. The lowest BCUT2D eigenvalue weighted by atomic mass is 10.1. The fourth-order valence-corrected chi connectivity index (χ4v) is 2.96. The molecule has 0 bridgehead atoms. The molecule has 0 radical (unpaired) electrons. The van der Waals surface area contributed by atoms with Crippen LogP contribution >= 0.6 is 0 Å². The fourth-order valence-electron chi connectivity index (χ4n) is 2.96. The summed E-state index contributed by atoms with van der Waals surface area (Å²) in [5.41, 5.74) is 2.22. The summed E-state index contributed by atoms with van der Waals surface area (Å²) in [6.07, 6.45) is 1.85. The van der Waals surface area contributed by atoms with Gasteiger partial charge < -0.3 is 15.1 Å². The fraction of sp³-hybridized carbons (Fsp3) is 0.364. The number of para-hydroxylation sites is 1. The van der Waals surface area contributed by atoms with Crippen molar-refractivity contribution in [1.82, 2.24) is 4.90 Å². The third-order valence-electron chi connectivity index (χ3n) is 4.25. The number of nitrogens with one attached hydrogen (secondary N) is 1. The Bertz CT molecular complexity index is 740. The van der Waals surface area contributed by atoms with E-state index in [0.29, 0.717) is 11.3 Å². The second-order valence-corrected chi connectivity index (χ2v) is 6.61. The van der Waals surface area contributed by atoms with E-state index in [1.165, 1.54) is 0 Å². The number of hydrogen-bond acceptors (Lipinski definition) is 3. The first kappa shape index (κ1) is 20.5. The lowest BCUT2D eigenvalue weighted by molar-refractivity contribution is -0.114. The number of carbonyl (C=O) groups excluding carboxylic acids is 2. The Balaban J connectivity index is 2.02. The first-order valence-electron chi connectivity index (χ1n) is 9.50. The number of amides is 2. The summed E-state index contributed by atoms with van der Waals surface area (Å²) in [6, 6.07) is 16.9. The van der Waals surface area contributed by atoms with Gasteiger partial charge in [0.1, 0.15) is 0 Å². The number of benzene rings is 2. The zero-order valence-electron chi connectivity index (χ0n) is 16.4. The van der Waals surface area contributed by atoms with Crippen LogP contribution in [0.4, 0.5) is 11.4 Å². The number of anilines is 2. The zero-order chi connectivity index (χ0) is 19.6. The minimum absolute atomic E-state index is 0.0104. The second-order valence-electron chi connectivity index (χ2n) is 6.61. The minimum Gasteiger partial charge on any atom is -0.365 e. The van der Waals surface area contributed by atoms with E-state index in [0.717, 1.165) is 31.6 Å². The molecular weight excluding hydrogens is 338 g/mol. The van der Waals surface area contributed by atoms with Crippen molar-refractivity contribution >= 4 is 23.2 Å². The molecule has 1 N–H and O–H groups in total. The van der Waals surface area contributed by atoms with Gasteiger partial charge in [-0.15, -0.1) is 0 Å². The largest absolute Gasteiger partial charge is 0.365 e. The molecule has 5 heteroatoms. The van der Waals surface area contributed by atoms with Crippen LogP contribution in [-0.4, -0.2) is 43.4 Å². The van der Waals surface area contributed by atoms with Gasteiger partial charge >= 0.3 is 0 Å². The van der Waals surface area contributed by atoms with Crippen LogP contribution in [0, 0.1) is 0 Å². The smallest absolute Gasteiger partial charge is 0.253 e. The molecule has 2 aromatic carbocycles. The number of likely N-dealkylation sites (N-methyl/N-ethyl adjacent to an activating group) is 1. The summed E-state index contributed by atoms with van der Waals surface area (Å²) in [4.78, 5) is 28.8. The average Bonchev–Trinajstić information content (AvgIpc) is 2.68. The maximum absolute atomic E-state index is 12.7. The molecule has 0 fully saturated rings. The molecule has 0 aliphatic carbocycles. The van der Waals surface area contributed by atoms with Gasteiger partial charge in [-0.25, -0.2) is 0 Å². The van der Waals surface area contributed by atoms with Crippen molar-refractivity contribution in [2.75, 3.05) is 36.9 Å². The van der Waals surface area contributed by atoms with Gasteiger partial charge in [-0.3, -0.25) is 9.59 Å². The van der Waals surface area contributed by atoms with Gasteiger partial charge in [-0.1, -0.05) is 38.1 Å². The Morgan fingerprint density at radius 1 is 0.926 bits per heavy atom. The van der Waals surface area contributed by atoms with Crippen molar-refractivity contribution in [2.45, 2.75) is 26.7 Å². The number of rotatable bonds is 9. The Hall–Kier alpha value is -2.82. The van der Waals surface area contributed by atoms with Gasteiger partial charge in [0.15, 0.2) is 0 Å². The standard InChI is InChI=1S/C22H29N3O2/c1-4-14-25(15-5-2)22(27)18-10-9-11-19(16-18)23-21(26)17-24(3)20-12-7-6-8-13-20/h6-13,16H,4-5,14-15,17H2,1-3H3,(H,23,26). The van der Waals surface area contributed by atoms with Crippen LogP contribution in [0.1, 0.15) is 37.0 Å². The number of nitrogens with zero attached hydrogens (tertiary/aromatic N) is 2. The molecule has 0 aromatic heterocycles. The Morgan fingerprint density at radius 2 is 1.59 bits per heavy atom. The van der Waals surface area contributed by atoms with E-state index in [1.807, 2.05) is 47.2 Å². The van der Waals surface area contributed by atoms with Crippen LogP contribution in [0.3, 0.4) is 0 Å². The highest BCUT2D eigenvalue weighted by molar-refractivity contribution is 5.98. The summed E-state index contributed by atoms with van der Waals surface area (Å²) in [5.74, 6) is -0.110. The van der Waals surface area contributed by atoms with Gasteiger partial charge in [0, 0.05) is 37.1 Å². The molecule has 0 saturated carbocycles. The topological polar surface area (TPSA) is 52.7 Å². The predicted octanol–water partition coefficient (Wildman–Crippen LogP) is 4.02. The second kappa shape index (κ2) is 10.4. The van der Waals surface area contributed by atoms with Crippen LogP contribution in [0.25, 0.3) is 0 Å². The van der Waals surface area contributed by atoms with Gasteiger partial charge in [0.2, 0.25) is 5.91 Å². The summed E-state index contributed by atoms with van der Waals surface area (Å²) in [6.45, 7) is 5.85. The SMILES string of the molecule is CCCN(CCC)C(=O)c1cccc(NC(=O)CN(C)c2ccccc2)c1. The molecule has 0 spiro atoms. The van der Waals surface area contributed by atoms with Crippen molar-refractivity contribution in [2.24, 2.45) is 0 Å². The maximum Gasteiger partial charge on any atom is 0.253 e. The molecule has 27 heavy (non-hydrogen) atoms. The molecule has 2 aromatic rings. The molecule has 0 saturated heterocycles. The monoisotopic (exact) mass is 367 g/mol. The normalized spacial score (nSPS) is 10.3. The van der Waals surface area contributed by atoms with Gasteiger partial charge in [0.05, 0.1) is 6.54 Å². The third-order valence-corrected chi connectivity index (χ3v) is 4.25. The summed E-state index contributed by atoms with van der Waals surface area (Å²) in [5, 5.41) is 2.89. The first-order chi connectivity index (χ1) is 13.0. The van der Waals surface area contributed by atoms with Gasteiger partial charge in [0.25, 0.3) is 5.91 Å². The molecule has 2 amide bonds. The van der Waals surface area contributed by atoms with Crippen molar-refractivity contribution in [3.05, 3.63) is 60.2 Å². The van der Waals surface area contributed by atoms with Crippen LogP contribution in [-0.2, 0) is 4.79 Å². The highest BCUT2D eigenvalue weighted by Crippen LogP contribution is 2.15. The van der Waals surface area contributed by atoms with E-state index in [4.69, 9.17) is 0 Å².